The highest BCUT2D eigenvalue weighted by atomic mass is 127. The van der Waals surface area contributed by atoms with Gasteiger partial charge in [-0.25, -0.2) is 13.1 Å². The Hall–Kier alpha value is 0.640. The van der Waals surface area contributed by atoms with Gasteiger partial charge in [0, 0.05) is 6.54 Å². The average Bonchev–Trinajstić information content (AvgIpc) is 2.06. The summed E-state index contributed by atoms with van der Waals surface area (Å²) in [7, 11) is -3.08. The molecule has 3 nitrogen and oxygen atoms in total. The van der Waals surface area contributed by atoms with Crippen LogP contribution in [0.5, 0.6) is 0 Å². The molecule has 0 aliphatic heterocycles. The zero-order valence-corrected chi connectivity index (χ0v) is 13.5. The minimum Gasteiger partial charge on any atom is -0.215 e. The number of hydrogen-bond acceptors (Lipinski definition) is 2. The first-order valence-electron chi connectivity index (χ1n) is 5.80. The maximum absolute atomic E-state index is 11.6. The van der Waals surface area contributed by atoms with Crippen molar-refractivity contribution in [1.29, 1.82) is 0 Å². The summed E-state index contributed by atoms with van der Waals surface area (Å²) in [5, 5.41) is 0. The first kappa shape index (κ1) is 16.6. The number of sulfonamides is 1. The van der Waals surface area contributed by atoms with Crippen molar-refractivity contribution < 1.29 is 8.42 Å². The Morgan fingerprint density at radius 1 is 1.06 bits per heavy atom. The van der Waals surface area contributed by atoms with Gasteiger partial charge in [0.25, 0.3) is 0 Å². The molecule has 0 aliphatic rings. The summed E-state index contributed by atoms with van der Waals surface area (Å²) in [5.41, 5.74) is -0.174. The topological polar surface area (TPSA) is 46.2 Å². The van der Waals surface area contributed by atoms with Crippen molar-refractivity contribution in [2.24, 2.45) is 5.41 Å². The molecule has 0 bridgehead atoms. The lowest BCUT2D eigenvalue weighted by Crippen LogP contribution is -2.32. The predicted molar refractivity (Wildman–Crippen MR) is 78.6 cm³/mol. The fourth-order valence-electron chi connectivity index (χ4n) is 1.42. The molecule has 0 aliphatic carbocycles. The van der Waals surface area contributed by atoms with Crippen molar-refractivity contribution in [3.05, 3.63) is 0 Å². The van der Waals surface area contributed by atoms with E-state index in [1.807, 2.05) is 20.8 Å². The number of unbranched alkanes of at least 4 members (excludes halogenated alkanes) is 3. The summed E-state index contributed by atoms with van der Waals surface area (Å²) in [5.74, 6) is 0.202. The fraction of sp³-hybridized carbons (Fsp3) is 1.00. The van der Waals surface area contributed by atoms with Crippen LogP contribution in [-0.4, -0.2) is 25.1 Å². The summed E-state index contributed by atoms with van der Waals surface area (Å²) in [6.07, 6.45) is 4.49. The van der Waals surface area contributed by atoms with Gasteiger partial charge in [0.1, 0.15) is 0 Å². The van der Waals surface area contributed by atoms with Crippen LogP contribution in [0.1, 0.15) is 46.5 Å². The maximum atomic E-state index is 11.6. The smallest absolute Gasteiger partial charge is 0.212 e. The fourth-order valence-corrected chi connectivity index (χ4v) is 3.66. The van der Waals surface area contributed by atoms with Crippen LogP contribution in [0.3, 0.4) is 0 Å². The van der Waals surface area contributed by atoms with Crippen molar-refractivity contribution in [2.45, 2.75) is 46.5 Å². The Morgan fingerprint density at radius 3 is 2.12 bits per heavy atom. The lowest BCUT2D eigenvalue weighted by Gasteiger charge is -2.18. The molecule has 98 valence electrons. The lowest BCUT2D eigenvalue weighted by atomic mass is 10.0. The van der Waals surface area contributed by atoms with Gasteiger partial charge in [-0.15, -0.1) is 0 Å². The number of alkyl halides is 1. The van der Waals surface area contributed by atoms with Gasteiger partial charge >= 0.3 is 0 Å². The maximum Gasteiger partial charge on any atom is 0.212 e. The van der Waals surface area contributed by atoms with E-state index in [0.717, 1.165) is 12.8 Å². The van der Waals surface area contributed by atoms with Gasteiger partial charge in [0.15, 0.2) is 0 Å². The number of rotatable bonds is 8. The molecule has 0 radical (unpaired) electrons. The standard InChI is InChI=1S/C11H24INO2S/c1-11(2,3)10-16(14,15)13-9-7-5-4-6-8-12/h13H,4-10H2,1-3H3. The second kappa shape index (κ2) is 7.87. The highest BCUT2D eigenvalue weighted by Gasteiger charge is 2.20. The van der Waals surface area contributed by atoms with Crippen LogP contribution < -0.4 is 4.72 Å². The molecule has 0 saturated carbocycles. The molecule has 0 spiro atoms. The monoisotopic (exact) mass is 361 g/mol. The van der Waals surface area contributed by atoms with E-state index in [0.29, 0.717) is 6.54 Å². The van der Waals surface area contributed by atoms with E-state index < -0.39 is 10.0 Å². The first-order valence-corrected chi connectivity index (χ1v) is 8.98. The molecule has 1 N–H and O–H groups in total. The molecule has 16 heavy (non-hydrogen) atoms. The molecule has 0 aromatic carbocycles. The Balaban J connectivity index is 3.68. The van der Waals surface area contributed by atoms with E-state index in [9.17, 15) is 8.42 Å². The van der Waals surface area contributed by atoms with E-state index in [1.54, 1.807) is 0 Å². The SMILES string of the molecule is CC(C)(C)CS(=O)(=O)NCCCCCCI. The summed E-state index contributed by atoms with van der Waals surface area (Å²) < 4.78 is 27.1. The zero-order valence-electron chi connectivity index (χ0n) is 10.6. The van der Waals surface area contributed by atoms with Crippen molar-refractivity contribution >= 4 is 32.6 Å². The zero-order chi connectivity index (χ0) is 12.7. The molecule has 0 amide bonds. The van der Waals surface area contributed by atoms with Crippen molar-refractivity contribution in [3.63, 3.8) is 0 Å². The van der Waals surface area contributed by atoms with E-state index in [2.05, 4.69) is 27.3 Å². The summed E-state index contributed by atoms with van der Waals surface area (Å²) >= 11 is 2.36. The summed E-state index contributed by atoms with van der Waals surface area (Å²) in [4.78, 5) is 0. The molecule has 0 rings (SSSR count). The third-order valence-corrected chi connectivity index (χ3v) is 4.66. The van der Waals surface area contributed by atoms with Gasteiger partial charge in [-0.1, -0.05) is 56.2 Å². The number of hydrogen-bond donors (Lipinski definition) is 1. The molecule has 0 heterocycles. The van der Waals surface area contributed by atoms with Gasteiger partial charge in [0.05, 0.1) is 5.75 Å². The molecule has 0 unspecified atom stereocenters. The van der Waals surface area contributed by atoms with Crippen molar-refractivity contribution in [3.8, 4) is 0 Å². The van der Waals surface area contributed by atoms with E-state index in [4.69, 9.17) is 0 Å². The molecule has 0 fully saturated rings. The second-order valence-corrected chi connectivity index (χ2v) is 8.20. The highest BCUT2D eigenvalue weighted by Crippen LogP contribution is 2.15. The van der Waals surface area contributed by atoms with Gasteiger partial charge in [0.2, 0.25) is 10.0 Å². The molecule has 0 aromatic heterocycles. The van der Waals surface area contributed by atoms with Gasteiger partial charge in [-0.05, 0) is 22.7 Å². The quantitative estimate of drug-likeness (QED) is 0.411. The molecule has 0 saturated heterocycles. The molecule has 0 atom stereocenters. The third-order valence-electron chi connectivity index (χ3n) is 2.01. The molecular formula is C11H24INO2S. The van der Waals surface area contributed by atoms with Crippen LogP contribution in [0.2, 0.25) is 0 Å². The van der Waals surface area contributed by atoms with E-state index in [1.165, 1.54) is 17.3 Å². The molecule has 5 heteroatoms. The van der Waals surface area contributed by atoms with Crippen LogP contribution in [0.25, 0.3) is 0 Å². The average molecular weight is 361 g/mol. The first-order chi connectivity index (χ1) is 7.27. The Bertz CT molecular complexity index is 270. The van der Waals surface area contributed by atoms with Crippen molar-refractivity contribution in [2.75, 3.05) is 16.7 Å². The minimum atomic E-state index is -3.08. The van der Waals surface area contributed by atoms with Crippen LogP contribution in [-0.2, 0) is 10.0 Å². The third kappa shape index (κ3) is 11.1. The molecule has 0 aromatic rings. The largest absolute Gasteiger partial charge is 0.215 e. The predicted octanol–water partition coefficient (Wildman–Crippen LogP) is 2.95. The minimum absolute atomic E-state index is 0.174. The van der Waals surface area contributed by atoms with Crippen LogP contribution in [0.15, 0.2) is 0 Å². The Kier molecular flexibility index (Phi) is 8.18. The second-order valence-electron chi connectivity index (χ2n) is 5.32. The van der Waals surface area contributed by atoms with Crippen LogP contribution in [0, 0.1) is 5.41 Å². The normalized spacial score (nSPS) is 13.0. The Labute approximate surface area is 114 Å². The van der Waals surface area contributed by atoms with Gasteiger partial charge in [-0.2, -0.15) is 0 Å². The van der Waals surface area contributed by atoms with Gasteiger partial charge < -0.3 is 0 Å². The van der Waals surface area contributed by atoms with Crippen molar-refractivity contribution in [1.82, 2.24) is 4.72 Å². The van der Waals surface area contributed by atoms with Crippen LogP contribution >= 0.6 is 22.6 Å². The number of halogens is 1. The summed E-state index contributed by atoms with van der Waals surface area (Å²) in [6.45, 7) is 6.39. The highest BCUT2D eigenvalue weighted by molar-refractivity contribution is 14.1. The number of nitrogens with one attached hydrogen (secondary N) is 1. The molecular weight excluding hydrogens is 337 g/mol. The van der Waals surface area contributed by atoms with E-state index in [-0.39, 0.29) is 11.2 Å². The van der Waals surface area contributed by atoms with Crippen LogP contribution in [0.4, 0.5) is 0 Å². The summed E-state index contributed by atoms with van der Waals surface area (Å²) in [6, 6.07) is 0. The van der Waals surface area contributed by atoms with Gasteiger partial charge in [-0.3, -0.25) is 0 Å². The Morgan fingerprint density at radius 2 is 1.62 bits per heavy atom. The van der Waals surface area contributed by atoms with E-state index >= 15 is 0 Å². The lowest BCUT2D eigenvalue weighted by molar-refractivity contribution is 0.457.